The monoisotopic (exact) mass is 402 g/mol. The molecule has 2 aromatic rings. The molecule has 1 amide bonds. The topological polar surface area (TPSA) is 57.7 Å². The number of rotatable bonds is 3. The minimum absolute atomic E-state index is 0.00819. The number of para-hydroxylation sites is 1. The number of hydrogen-bond donors (Lipinski definition) is 0. The average molecular weight is 402 g/mol. The lowest BCUT2D eigenvalue weighted by Crippen LogP contribution is -2.48. The normalized spacial score (nSPS) is 20.6. The number of halogens is 1. The maximum atomic E-state index is 13.2. The molecule has 0 unspecified atom stereocenters. The molecule has 0 bridgehead atoms. The zero-order chi connectivity index (χ0) is 19.7. The SMILES string of the molecule is O=C([C@H]1CCCN(S(=O)(=O)c2ccc(F)cc2)C1)N1CCCc2ccccc21. The molecule has 1 saturated heterocycles. The van der Waals surface area contributed by atoms with Crippen LogP contribution in [0.15, 0.2) is 53.4 Å². The van der Waals surface area contributed by atoms with Gasteiger partial charge in [0.15, 0.2) is 0 Å². The van der Waals surface area contributed by atoms with Crippen LogP contribution in [0.1, 0.15) is 24.8 Å². The Morgan fingerprint density at radius 1 is 1.00 bits per heavy atom. The van der Waals surface area contributed by atoms with Gasteiger partial charge in [0.2, 0.25) is 15.9 Å². The summed E-state index contributed by atoms with van der Waals surface area (Å²) in [6, 6.07) is 12.7. The van der Waals surface area contributed by atoms with Crippen molar-refractivity contribution >= 4 is 21.6 Å². The summed E-state index contributed by atoms with van der Waals surface area (Å²) in [5.41, 5.74) is 2.10. The molecule has 0 spiro atoms. The van der Waals surface area contributed by atoms with Crippen LogP contribution in [0.4, 0.5) is 10.1 Å². The Bertz CT molecular complexity index is 975. The fourth-order valence-electron chi connectivity index (χ4n) is 4.10. The lowest BCUT2D eigenvalue weighted by Gasteiger charge is -2.36. The molecule has 1 atom stereocenters. The van der Waals surface area contributed by atoms with Gasteiger partial charge in [-0.3, -0.25) is 4.79 Å². The molecule has 2 heterocycles. The number of benzene rings is 2. The fourth-order valence-corrected chi connectivity index (χ4v) is 5.62. The van der Waals surface area contributed by atoms with Crippen LogP contribution >= 0.6 is 0 Å². The number of carbonyl (C=O) groups is 1. The molecular weight excluding hydrogens is 379 g/mol. The molecule has 0 N–H and O–H groups in total. The number of nitrogens with zero attached hydrogens (tertiary/aromatic N) is 2. The van der Waals surface area contributed by atoms with Crippen LogP contribution in [0.5, 0.6) is 0 Å². The summed E-state index contributed by atoms with van der Waals surface area (Å²) in [7, 11) is -3.74. The van der Waals surface area contributed by atoms with E-state index in [4.69, 9.17) is 0 Å². The van der Waals surface area contributed by atoms with Gasteiger partial charge < -0.3 is 4.90 Å². The Kier molecular flexibility index (Phi) is 5.21. The van der Waals surface area contributed by atoms with Crippen molar-refractivity contribution in [1.82, 2.24) is 4.31 Å². The van der Waals surface area contributed by atoms with Gasteiger partial charge in [0, 0.05) is 25.3 Å². The highest BCUT2D eigenvalue weighted by Crippen LogP contribution is 2.31. The largest absolute Gasteiger partial charge is 0.312 e. The van der Waals surface area contributed by atoms with E-state index >= 15 is 0 Å². The third-order valence-corrected chi connectivity index (χ3v) is 7.44. The third-order valence-electron chi connectivity index (χ3n) is 5.56. The molecule has 5 nitrogen and oxygen atoms in total. The van der Waals surface area contributed by atoms with Gasteiger partial charge in [-0.25, -0.2) is 12.8 Å². The summed E-state index contributed by atoms with van der Waals surface area (Å²) in [5, 5.41) is 0. The Labute approximate surface area is 164 Å². The Balaban J connectivity index is 1.54. The first-order chi connectivity index (χ1) is 13.5. The van der Waals surface area contributed by atoms with E-state index in [9.17, 15) is 17.6 Å². The van der Waals surface area contributed by atoms with Crippen molar-refractivity contribution in [2.24, 2.45) is 5.92 Å². The highest BCUT2D eigenvalue weighted by Gasteiger charge is 2.36. The Hall–Kier alpha value is -2.25. The minimum atomic E-state index is -3.74. The standard InChI is InChI=1S/C21H23FN2O3S/c22-18-9-11-19(12-10-18)28(26,27)23-13-3-7-17(15-23)21(25)24-14-4-6-16-5-1-2-8-20(16)24/h1-2,5,8-12,17H,3-4,6-7,13-15H2/t17-/m0/s1. The van der Waals surface area contributed by atoms with Gasteiger partial charge in [-0.1, -0.05) is 18.2 Å². The van der Waals surface area contributed by atoms with Gasteiger partial charge in [0.1, 0.15) is 5.82 Å². The predicted octanol–water partition coefficient (Wildman–Crippen LogP) is 3.21. The summed E-state index contributed by atoms with van der Waals surface area (Å²) in [6.07, 6.45) is 3.17. The van der Waals surface area contributed by atoms with E-state index < -0.39 is 15.8 Å². The maximum absolute atomic E-state index is 13.2. The first-order valence-corrected chi connectivity index (χ1v) is 11.1. The summed E-state index contributed by atoms with van der Waals surface area (Å²) in [5.74, 6) is -0.851. The van der Waals surface area contributed by atoms with Crippen LogP contribution < -0.4 is 4.90 Å². The van der Waals surface area contributed by atoms with Gasteiger partial charge in [0.25, 0.3) is 0 Å². The van der Waals surface area contributed by atoms with Crippen LogP contribution in [0.2, 0.25) is 0 Å². The lowest BCUT2D eigenvalue weighted by molar-refractivity contribution is -0.123. The molecule has 0 radical (unpaired) electrons. The van der Waals surface area contributed by atoms with E-state index in [1.165, 1.54) is 16.4 Å². The Morgan fingerprint density at radius 3 is 2.54 bits per heavy atom. The van der Waals surface area contributed by atoms with Crippen molar-refractivity contribution in [2.45, 2.75) is 30.6 Å². The van der Waals surface area contributed by atoms with Crippen molar-refractivity contribution in [1.29, 1.82) is 0 Å². The highest BCUT2D eigenvalue weighted by molar-refractivity contribution is 7.89. The molecule has 1 fully saturated rings. The van der Waals surface area contributed by atoms with E-state index in [1.54, 1.807) is 0 Å². The van der Waals surface area contributed by atoms with Crippen LogP contribution in [0.25, 0.3) is 0 Å². The van der Waals surface area contributed by atoms with Crippen molar-refractivity contribution in [3.63, 3.8) is 0 Å². The number of sulfonamides is 1. The highest BCUT2D eigenvalue weighted by atomic mass is 32.2. The van der Waals surface area contributed by atoms with E-state index in [2.05, 4.69) is 0 Å². The summed E-state index contributed by atoms with van der Waals surface area (Å²) in [6.45, 7) is 1.20. The van der Waals surface area contributed by atoms with Gasteiger partial charge in [-0.2, -0.15) is 4.31 Å². The van der Waals surface area contributed by atoms with E-state index in [0.717, 1.165) is 36.2 Å². The first kappa shape index (κ1) is 19.1. The number of anilines is 1. The number of carbonyl (C=O) groups excluding carboxylic acids is 1. The molecule has 2 aromatic carbocycles. The van der Waals surface area contributed by atoms with E-state index in [-0.39, 0.29) is 23.3 Å². The number of hydrogen-bond acceptors (Lipinski definition) is 3. The molecule has 148 valence electrons. The number of amides is 1. The van der Waals surface area contributed by atoms with Crippen LogP contribution in [-0.2, 0) is 21.2 Å². The zero-order valence-corrected chi connectivity index (χ0v) is 16.4. The molecule has 2 aliphatic rings. The van der Waals surface area contributed by atoms with Crippen molar-refractivity contribution in [2.75, 3.05) is 24.5 Å². The van der Waals surface area contributed by atoms with Crippen molar-refractivity contribution < 1.29 is 17.6 Å². The van der Waals surface area contributed by atoms with Gasteiger partial charge >= 0.3 is 0 Å². The molecule has 0 aromatic heterocycles. The number of aryl methyl sites for hydroxylation is 1. The van der Waals surface area contributed by atoms with E-state index in [0.29, 0.717) is 25.9 Å². The average Bonchev–Trinajstić information content (AvgIpc) is 2.73. The van der Waals surface area contributed by atoms with Crippen LogP contribution in [0, 0.1) is 11.7 Å². The maximum Gasteiger partial charge on any atom is 0.243 e. The third kappa shape index (κ3) is 3.56. The molecule has 4 rings (SSSR count). The second kappa shape index (κ2) is 7.64. The van der Waals surface area contributed by atoms with Gasteiger partial charge in [-0.15, -0.1) is 0 Å². The first-order valence-electron chi connectivity index (χ1n) is 9.62. The number of piperidine rings is 1. The second-order valence-electron chi connectivity index (χ2n) is 7.38. The molecule has 28 heavy (non-hydrogen) atoms. The molecule has 0 aliphatic carbocycles. The predicted molar refractivity (Wildman–Crippen MR) is 105 cm³/mol. The zero-order valence-electron chi connectivity index (χ0n) is 15.6. The van der Waals surface area contributed by atoms with Gasteiger partial charge in [-0.05, 0) is 61.6 Å². The molecule has 0 saturated carbocycles. The van der Waals surface area contributed by atoms with Crippen molar-refractivity contribution in [3.8, 4) is 0 Å². The number of fused-ring (bicyclic) bond motifs is 1. The fraction of sp³-hybridized carbons (Fsp3) is 0.381. The van der Waals surface area contributed by atoms with Crippen molar-refractivity contribution in [3.05, 3.63) is 59.9 Å². The summed E-state index contributed by atoms with van der Waals surface area (Å²) >= 11 is 0. The van der Waals surface area contributed by atoms with Crippen LogP contribution in [-0.4, -0.2) is 38.3 Å². The van der Waals surface area contributed by atoms with Crippen LogP contribution in [0.3, 0.4) is 0 Å². The quantitative estimate of drug-likeness (QED) is 0.792. The Morgan fingerprint density at radius 2 is 1.75 bits per heavy atom. The summed E-state index contributed by atoms with van der Waals surface area (Å²) in [4.78, 5) is 15.1. The molecule has 2 aliphatic heterocycles. The summed E-state index contributed by atoms with van der Waals surface area (Å²) < 4.78 is 40.4. The minimum Gasteiger partial charge on any atom is -0.312 e. The second-order valence-corrected chi connectivity index (χ2v) is 9.32. The van der Waals surface area contributed by atoms with E-state index in [1.807, 2.05) is 29.2 Å². The molecular formula is C21H23FN2O3S. The molecule has 7 heteroatoms. The smallest absolute Gasteiger partial charge is 0.243 e. The van der Waals surface area contributed by atoms with Gasteiger partial charge in [0.05, 0.1) is 10.8 Å². The lowest BCUT2D eigenvalue weighted by atomic mass is 9.95.